The second-order valence-electron chi connectivity index (χ2n) is 6.29. The molecule has 1 aliphatic heterocycles. The van der Waals surface area contributed by atoms with Crippen LogP contribution in [0.3, 0.4) is 0 Å². The minimum atomic E-state index is 0.497. The molecule has 3 aromatic rings. The highest BCUT2D eigenvalue weighted by atomic mass is 16.5. The van der Waals surface area contributed by atoms with Crippen LogP contribution in [0.15, 0.2) is 30.6 Å². The predicted molar refractivity (Wildman–Crippen MR) is 88.4 cm³/mol. The van der Waals surface area contributed by atoms with Crippen LogP contribution in [0.5, 0.6) is 5.75 Å². The number of aryl methyl sites for hydroxylation is 3. The summed E-state index contributed by atoms with van der Waals surface area (Å²) in [6.45, 7) is 4.76. The topological polar surface area (TPSA) is 47.9 Å². The van der Waals surface area contributed by atoms with Crippen LogP contribution in [-0.2, 0) is 20.6 Å². The Bertz CT molecular complexity index is 850. The molecule has 0 spiro atoms. The maximum Gasteiger partial charge on any atom is 0.121 e. The first-order valence-electron chi connectivity index (χ1n) is 7.87. The van der Waals surface area contributed by atoms with Gasteiger partial charge in [-0.2, -0.15) is 5.10 Å². The molecule has 0 aliphatic carbocycles. The van der Waals surface area contributed by atoms with Crippen molar-refractivity contribution in [3.8, 4) is 5.75 Å². The van der Waals surface area contributed by atoms with Crippen molar-refractivity contribution in [2.75, 3.05) is 13.2 Å². The monoisotopic (exact) mass is 311 g/mol. The van der Waals surface area contributed by atoms with E-state index in [1.807, 2.05) is 44.0 Å². The lowest BCUT2D eigenvalue weighted by Gasteiger charge is -2.06. The number of imidazole rings is 1. The van der Waals surface area contributed by atoms with Crippen LogP contribution in [0.2, 0.25) is 0 Å². The van der Waals surface area contributed by atoms with Gasteiger partial charge in [-0.25, -0.2) is 4.98 Å². The molecule has 0 N–H and O–H groups in total. The van der Waals surface area contributed by atoms with Crippen molar-refractivity contribution < 1.29 is 4.74 Å². The highest BCUT2D eigenvalue weighted by molar-refractivity contribution is 5.77. The minimum Gasteiger partial charge on any atom is -0.492 e. The van der Waals surface area contributed by atoms with Crippen LogP contribution in [-0.4, -0.2) is 43.4 Å². The Morgan fingerprint density at radius 2 is 2.17 bits per heavy atom. The maximum absolute atomic E-state index is 5.95. The van der Waals surface area contributed by atoms with E-state index in [2.05, 4.69) is 31.8 Å². The number of hydrogen-bond donors (Lipinski definition) is 0. The molecule has 6 heteroatoms. The van der Waals surface area contributed by atoms with E-state index in [-0.39, 0.29) is 0 Å². The van der Waals surface area contributed by atoms with Crippen LogP contribution in [0.25, 0.3) is 11.0 Å². The zero-order valence-electron chi connectivity index (χ0n) is 13.7. The molecule has 1 saturated heterocycles. The molecule has 0 radical (unpaired) electrons. The molecule has 1 aliphatic rings. The Morgan fingerprint density at radius 3 is 2.96 bits per heavy atom. The smallest absolute Gasteiger partial charge is 0.121 e. The first-order chi connectivity index (χ1) is 11.1. The van der Waals surface area contributed by atoms with Gasteiger partial charge in [0.1, 0.15) is 18.2 Å². The fraction of sp³-hybridized carbons (Fsp3) is 0.412. The van der Waals surface area contributed by atoms with Crippen LogP contribution in [0, 0.1) is 6.92 Å². The first kappa shape index (κ1) is 14.3. The Balaban J connectivity index is 1.35. The summed E-state index contributed by atoms with van der Waals surface area (Å²) in [5, 5.41) is 4.20. The Morgan fingerprint density at radius 1 is 1.30 bits per heavy atom. The lowest BCUT2D eigenvalue weighted by atomic mass is 10.3. The van der Waals surface area contributed by atoms with Gasteiger partial charge in [0, 0.05) is 45.0 Å². The average molecular weight is 311 g/mol. The summed E-state index contributed by atoms with van der Waals surface area (Å²) >= 11 is 0. The number of aromatic nitrogens is 4. The van der Waals surface area contributed by atoms with Gasteiger partial charge in [-0.1, -0.05) is 0 Å². The lowest BCUT2D eigenvalue weighted by molar-refractivity contribution is 0.293. The van der Waals surface area contributed by atoms with Gasteiger partial charge in [-0.15, -0.1) is 0 Å². The molecule has 2 atom stereocenters. The number of nitrogens with zero attached hydrogens (tertiary/aromatic N) is 5. The van der Waals surface area contributed by atoms with E-state index < -0.39 is 0 Å². The summed E-state index contributed by atoms with van der Waals surface area (Å²) in [5.74, 6) is 1.91. The Hall–Kier alpha value is -2.34. The molecule has 0 saturated carbocycles. The Kier molecular flexibility index (Phi) is 3.34. The molecule has 120 valence electrons. The highest BCUT2D eigenvalue weighted by Gasteiger charge is 2.34. The van der Waals surface area contributed by atoms with Gasteiger partial charge in [-0.05, 0) is 19.1 Å². The molecule has 4 rings (SSSR count). The summed E-state index contributed by atoms with van der Waals surface area (Å²) in [5.41, 5.74) is 3.38. The summed E-state index contributed by atoms with van der Waals surface area (Å²) in [4.78, 5) is 6.94. The van der Waals surface area contributed by atoms with Gasteiger partial charge in [0.25, 0.3) is 0 Å². The van der Waals surface area contributed by atoms with Gasteiger partial charge >= 0.3 is 0 Å². The van der Waals surface area contributed by atoms with E-state index in [1.54, 1.807) is 0 Å². The summed E-state index contributed by atoms with van der Waals surface area (Å²) in [7, 11) is 3.98. The molecular formula is C17H21N5O. The molecule has 23 heavy (non-hydrogen) atoms. The van der Waals surface area contributed by atoms with Gasteiger partial charge in [0.2, 0.25) is 0 Å². The van der Waals surface area contributed by atoms with Crippen LogP contribution < -0.4 is 4.74 Å². The number of fused-ring (bicyclic) bond motifs is 1. The molecule has 1 aromatic carbocycles. The van der Waals surface area contributed by atoms with Crippen molar-refractivity contribution in [1.29, 1.82) is 0 Å². The van der Waals surface area contributed by atoms with Gasteiger partial charge in [0.05, 0.1) is 23.3 Å². The fourth-order valence-corrected chi connectivity index (χ4v) is 2.95. The molecule has 2 aromatic heterocycles. The number of hydrogen-bond acceptors (Lipinski definition) is 4. The van der Waals surface area contributed by atoms with E-state index in [9.17, 15) is 0 Å². The molecule has 2 unspecified atom stereocenters. The second kappa shape index (κ2) is 5.38. The van der Waals surface area contributed by atoms with E-state index in [0.29, 0.717) is 6.04 Å². The third kappa shape index (κ3) is 2.82. The quantitative estimate of drug-likeness (QED) is 0.675. The predicted octanol–water partition coefficient (Wildman–Crippen LogP) is 1.88. The zero-order valence-corrected chi connectivity index (χ0v) is 13.7. The molecular weight excluding hydrogens is 290 g/mol. The van der Waals surface area contributed by atoms with E-state index in [4.69, 9.17) is 4.74 Å². The molecule has 1 fully saturated rings. The van der Waals surface area contributed by atoms with Crippen molar-refractivity contribution in [1.82, 2.24) is 24.2 Å². The maximum atomic E-state index is 5.95. The lowest BCUT2D eigenvalue weighted by Crippen LogP contribution is -2.10. The third-order valence-electron chi connectivity index (χ3n) is 4.49. The SMILES string of the molecule is Cc1nc2cc(OCC3CN3Cc3cnn(C)c3)ccc2n1C. The normalized spacial score (nSPS) is 20.1. The molecule has 3 heterocycles. The highest BCUT2D eigenvalue weighted by Crippen LogP contribution is 2.24. The molecule has 6 nitrogen and oxygen atoms in total. The van der Waals surface area contributed by atoms with E-state index in [1.165, 1.54) is 5.56 Å². The summed E-state index contributed by atoms with van der Waals surface area (Å²) in [6.07, 6.45) is 3.99. The first-order valence-corrected chi connectivity index (χ1v) is 7.87. The average Bonchev–Trinajstić information content (AvgIpc) is 3.04. The molecule has 0 bridgehead atoms. The van der Waals surface area contributed by atoms with Crippen molar-refractivity contribution >= 4 is 11.0 Å². The number of ether oxygens (including phenoxy) is 1. The van der Waals surface area contributed by atoms with Crippen molar-refractivity contribution in [2.45, 2.75) is 19.5 Å². The zero-order chi connectivity index (χ0) is 16.0. The van der Waals surface area contributed by atoms with Gasteiger partial charge in [-0.3, -0.25) is 9.58 Å². The number of benzene rings is 1. The van der Waals surface area contributed by atoms with Crippen LogP contribution in [0.4, 0.5) is 0 Å². The van der Waals surface area contributed by atoms with Crippen molar-refractivity contribution in [3.05, 3.63) is 42.0 Å². The Labute approximate surface area is 135 Å². The fourth-order valence-electron chi connectivity index (χ4n) is 2.95. The van der Waals surface area contributed by atoms with E-state index in [0.717, 1.165) is 42.3 Å². The van der Waals surface area contributed by atoms with Gasteiger partial charge in [0.15, 0.2) is 0 Å². The minimum absolute atomic E-state index is 0.497. The van der Waals surface area contributed by atoms with E-state index >= 15 is 0 Å². The summed E-state index contributed by atoms with van der Waals surface area (Å²) < 4.78 is 9.88. The van der Waals surface area contributed by atoms with Gasteiger partial charge < -0.3 is 9.30 Å². The largest absolute Gasteiger partial charge is 0.492 e. The second-order valence-corrected chi connectivity index (χ2v) is 6.29. The molecule has 0 amide bonds. The van der Waals surface area contributed by atoms with Crippen LogP contribution in [0.1, 0.15) is 11.4 Å². The third-order valence-corrected chi connectivity index (χ3v) is 4.49. The van der Waals surface area contributed by atoms with Crippen molar-refractivity contribution in [3.63, 3.8) is 0 Å². The standard InChI is InChI=1S/C17H21N5O/c1-12-19-16-6-15(4-5-17(16)21(12)3)23-11-14-10-22(14)9-13-7-18-20(2)8-13/h4-8,14H,9-11H2,1-3H3. The van der Waals surface area contributed by atoms with Crippen molar-refractivity contribution in [2.24, 2.45) is 14.1 Å². The summed E-state index contributed by atoms with van der Waals surface area (Å²) in [6, 6.07) is 6.62. The number of rotatable bonds is 5. The van der Waals surface area contributed by atoms with Crippen LogP contribution >= 0.6 is 0 Å².